The van der Waals surface area contributed by atoms with Gasteiger partial charge in [-0.15, -0.1) is 0 Å². The van der Waals surface area contributed by atoms with Crippen molar-refractivity contribution in [2.24, 2.45) is 0 Å². The molecule has 0 heterocycles. The smallest absolute Gasteiger partial charge is 0.256 e. The third kappa shape index (κ3) is 4.40. The molecule has 0 aromatic heterocycles. The molecule has 110 valence electrons. The Morgan fingerprint density at radius 3 is 2.67 bits per heavy atom. The van der Waals surface area contributed by atoms with Crippen LogP contribution in [0.25, 0.3) is 0 Å². The van der Waals surface area contributed by atoms with Gasteiger partial charge >= 0.3 is 0 Å². The molecule has 0 saturated carbocycles. The van der Waals surface area contributed by atoms with E-state index in [9.17, 15) is 4.79 Å². The zero-order chi connectivity index (χ0) is 15.2. The summed E-state index contributed by atoms with van der Waals surface area (Å²) >= 11 is 6.80. The minimum absolute atomic E-state index is 0.132. The van der Waals surface area contributed by atoms with Crippen molar-refractivity contribution in [1.29, 1.82) is 0 Å². The molecule has 2 N–H and O–H groups in total. The van der Waals surface area contributed by atoms with Crippen LogP contribution in [-0.2, 0) is 6.54 Å². The highest BCUT2D eigenvalue weighted by atomic mass is 79.9. The fraction of sp³-hybridized carbons (Fsp3) is 0.188. The van der Waals surface area contributed by atoms with Crippen molar-refractivity contribution in [2.45, 2.75) is 13.5 Å². The molecular weight excluding hydrogens is 396 g/mol. The van der Waals surface area contributed by atoms with Crippen molar-refractivity contribution in [2.75, 3.05) is 11.9 Å². The Labute approximate surface area is 141 Å². The van der Waals surface area contributed by atoms with Gasteiger partial charge in [0.25, 0.3) is 5.91 Å². The Balaban J connectivity index is 2.21. The lowest BCUT2D eigenvalue weighted by Gasteiger charge is -2.12. The van der Waals surface area contributed by atoms with Crippen LogP contribution in [0.15, 0.2) is 51.4 Å². The van der Waals surface area contributed by atoms with Gasteiger partial charge in [0.15, 0.2) is 0 Å². The third-order valence-corrected chi connectivity index (χ3v) is 4.19. The fourth-order valence-corrected chi connectivity index (χ4v) is 2.70. The van der Waals surface area contributed by atoms with E-state index in [0.717, 1.165) is 33.3 Å². The van der Waals surface area contributed by atoms with Gasteiger partial charge in [-0.1, -0.05) is 41.1 Å². The maximum absolute atomic E-state index is 12.4. The molecule has 0 saturated heterocycles. The van der Waals surface area contributed by atoms with Crippen LogP contribution in [0.1, 0.15) is 22.8 Å². The first-order chi connectivity index (χ1) is 10.1. The van der Waals surface area contributed by atoms with Gasteiger partial charge in [-0.3, -0.25) is 4.79 Å². The summed E-state index contributed by atoms with van der Waals surface area (Å²) in [5, 5.41) is 6.24. The highest BCUT2D eigenvalue weighted by Gasteiger charge is 2.12. The Bertz CT molecular complexity index is 644. The molecule has 0 atom stereocenters. The largest absolute Gasteiger partial charge is 0.322 e. The van der Waals surface area contributed by atoms with E-state index >= 15 is 0 Å². The van der Waals surface area contributed by atoms with Gasteiger partial charge in [-0.25, -0.2) is 0 Å². The molecule has 0 aliphatic rings. The number of nitrogens with one attached hydrogen (secondary N) is 2. The van der Waals surface area contributed by atoms with Crippen LogP contribution in [0.2, 0.25) is 0 Å². The maximum atomic E-state index is 12.4. The number of rotatable bonds is 5. The average molecular weight is 412 g/mol. The lowest BCUT2D eigenvalue weighted by atomic mass is 10.1. The number of hydrogen-bond acceptors (Lipinski definition) is 2. The topological polar surface area (TPSA) is 41.1 Å². The molecule has 0 unspecified atom stereocenters. The molecule has 2 aromatic carbocycles. The Morgan fingerprint density at radius 1 is 1.14 bits per heavy atom. The minimum atomic E-state index is -0.132. The number of benzene rings is 2. The summed E-state index contributed by atoms with van der Waals surface area (Å²) < 4.78 is 1.64. The normalized spacial score (nSPS) is 10.4. The van der Waals surface area contributed by atoms with Crippen molar-refractivity contribution >= 4 is 43.5 Å². The van der Waals surface area contributed by atoms with Crippen molar-refractivity contribution in [3.05, 3.63) is 62.5 Å². The van der Waals surface area contributed by atoms with Gasteiger partial charge in [0.05, 0.1) is 5.56 Å². The highest BCUT2D eigenvalue weighted by Crippen LogP contribution is 2.23. The predicted molar refractivity (Wildman–Crippen MR) is 93.6 cm³/mol. The average Bonchev–Trinajstić information content (AvgIpc) is 2.48. The molecule has 5 heteroatoms. The first-order valence-corrected chi connectivity index (χ1v) is 8.25. The van der Waals surface area contributed by atoms with E-state index in [2.05, 4.69) is 49.4 Å². The molecule has 2 rings (SSSR count). The standard InChI is InChI=1S/C16H16Br2N2O/c1-2-19-10-11-5-3-4-6-15(11)20-16(21)13-9-12(17)7-8-14(13)18/h3-9,19H,2,10H2,1H3,(H,20,21). The van der Waals surface area contributed by atoms with Gasteiger partial charge in [0, 0.05) is 21.2 Å². The lowest BCUT2D eigenvalue weighted by molar-refractivity contribution is 0.102. The highest BCUT2D eigenvalue weighted by molar-refractivity contribution is 9.11. The van der Waals surface area contributed by atoms with Crippen LogP contribution in [0, 0.1) is 0 Å². The Kier molecular flexibility index (Phi) is 5.96. The number of carbonyl (C=O) groups is 1. The lowest BCUT2D eigenvalue weighted by Crippen LogP contribution is -2.17. The summed E-state index contributed by atoms with van der Waals surface area (Å²) in [6.07, 6.45) is 0. The predicted octanol–water partition coefficient (Wildman–Crippen LogP) is 4.57. The van der Waals surface area contributed by atoms with Crippen molar-refractivity contribution < 1.29 is 4.79 Å². The Hall–Kier alpha value is -1.17. The molecule has 0 aliphatic carbocycles. The van der Waals surface area contributed by atoms with Gasteiger partial charge in [0.2, 0.25) is 0 Å². The van der Waals surface area contributed by atoms with Crippen molar-refractivity contribution in [3.63, 3.8) is 0 Å². The zero-order valence-corrected chi connectivity index (χ0v) is 14.8. The summed E-state index contributed by atoms with van der Waals surface area (Å²) in [6, 6.07) is 13.3. The molecule has 1 amide bonds. The summed E-state index contributed by atoms with van der Waals surface area (Å²) in [5.41, 5.74) is 2.50. The van der Waals surface area contributed by atoms with E-state index in [1.54, 1.807) is 6.07 Å². The van der Waals surface area contributed by atoms with E-state index in [4.69, 9.17) is 0 Å². The van der Waals surface area contributed by atoms with Gasteiger partial charge < -0.3 is 10.6 Å². The summed E-state index contributed by atoms with van der Waals surface area (Å²) in [5.74, 6) is -0.132. The van der Waals surface area contributed by atoms with Crippen LogP contribution >= 0.6 is 31.9 Å². The zero-order valence-electron chi connectivity index (χ0n) is 11.6. The van der Waals surface area contributed by atoms with E-state index in [1.807, 2.05) is 36.4 Å². The van der Waals surface area contributed by atoms with E-state index < -0.39 is 0 Å². The Morgan fingerprint density at radius 2 is 1.90 bits per heavy atom. The summed E-state index contributed by atoms with van der Waals surface area (Å²) in [4.78, 5) is 12.4. The molecule has 0 aliphatic heterocycles. The van der Waals surface area contributed by atoms with Crippen LogP contribution < -0.4 is 10.6 Å². The molecule has 3 nitrogen and oxygen atoms in total. The van der Waals surface area contributed by atoms with Crippen molar-refractivity contribution in [1.82, 2.24) is 5.32 Å². The first-order valence-electron chi connectivity index (χ1n) is 6.67. The SMILES string of the molecule is CCNCc1ccccc1NC(=O)c1cc(Br)ccc1Br. The summed E-state index contributed by atoms with van der Waals surface area (Å²) in [6.45, 7) is 3.67. The van der Waals surface area contributed by atoms with E-state index in [-0.39, 0.29) is 5.91 Å². The number of para-hydroxylation sites is 1. The number of halogens is 2. The van der Waals surface area contributed by atoms with Crippen LogP contribution in [0.4, 0.5) is 5.69 Å². The first kappa shape index (κ1) is 16.2. The molecule has 0 fully saturated rings. The van der Waals surface area contributed by atoms with Gasteiger partial charge in [-0.2, -0.15) is 0 Å². The monoisotopic (exact) mass is 410 g/mol. The number of anilines is 1. The second kappa shape index (κ2) is 7.73. The molecule has 0 radical (unpaired) electrons. The molecule has 0 bridgehead atoms. The number of carbonyl (C=O) groups excluding carboxylic acids is 1. The van der Waals surface area contributed by atoms with Crippen LogP contribution in [0.5, 0.6) is 0 Å². The van der Waals surface area contributed by atoms with Crippen LogP contribution in [-0.4, -0.2) is 12.5 Å². The minimum Gasteiger partial charge on any atom is -0.322 e. The van der Waals surface area contributed by atoms with Crippen molar-refractivity contribution in [3.8, 4) is 0 Å². The third-order valence-electron chi connectivity index (χ3n) is 3.00. The number of amides is 1. The molecule has 2 aromatic rings. The second-order valence-electron chi connectivity index (χ2n) is 4.52. The van der Waals surface area contributed by atoms with Gasteiger partial charge in [-0.05, 0) is 52.3 Å². The summed E-state index contributed by atoms with van der Waals surface area (Å²) in [7, 11) is 0. The van der Waals surface area contributed by atoms with Gasteiger partial charge in [0.1, 0.15) is 0 Å². The van der Waals surface area contributed by atoms with Crippen LogP contribution in [0.3, 0.4) is 0 Å². The molecule has 0 spiro atoms. The molecular formula is C16H16Br2N2O. The van der Waals surface area contributed by atoms with E-state index in [0.29, 0.717) is 5.56 Å². The second-order valence-corrected chi connectivity index (χ2v) is 6.29. The quantitative estimate of drug-likeness (QED) is 0.756. The van der Waals surface area contributed by atoms with E-state index in [1.165, 1.54) is 0 Å². The molecule has 21 heavy (non-hydrogen) atoms. The number of hydrogen-bond donors (Lipinski definition) is 2. The maximum Gasteiger partial charge on any atom is 0.256 e. The fourth-order valence-electron chi connectivity index (χ4n) is 1.92.